The Morgan fingerprint density at radius 1 is 1.35 bits per heavy atom. The zero-order valence-electron chi connectivity index (χ0n) is 10.7. The van der Waals surface area contributed by atoms with E-state index in [4.69, 9.17) is 35.4 Å². The number of nitrogens with one attached hydrogen (secondary N) is 2. The molecule has 1 aromatic carbocycles. The maximum Gasteiger partial charge on any atom is 0.187 e. The summed E-state index contributed by atoms with van der Waals surface area (Å²) in [5.74, 6) is -0.0590. The summed E-state index contributed by atoms with van der Waals surface area (Å²) in [6, 6.07) is 3.47. The third kappa shape index (κ3) is 4.23. The quantitative estimate of drug-likeness (QED) is 0.451. The molecule has 3 N–H and O–H groups in total. The minimum atomic E-state index is -0.0590. The number of hydrogen-bond acceptors (Lipinski definition) is 3. The Hall–Kier alpha value is -1.04. The van der Waals surface area contributed by atoms with E-state index in [1.165, 1.54) is 25.1 Å². The van der Waals surface area contributed by atoms with E-state index in [1.807, 2.05) is 0 Å². The number of benzene rings is 1. The number of phenols is 1. The van der Waals surface area contributed by atoms with Crippen molar-refractivity contribution in [2.24, 2.45) is 5.10 Å². The van der Waals surface area contributed by atoms with Crippen LogP contribution in [0.4, 0.5) is 0 Å². The van der Waals surface area contributed by atoms with Crippen molar-refractivity contribution < 1.29 is 5.11 Å². The van der Waals surface area contributed by atoms with Gasteiger partial charge >= 0.3 is 0 Å². The summed E-state index contributed by atoms with van der Waals surface area (Å²) in [6.45, 7) is 0. The fourth-order valence-corrected chi connectivity index (χ4v) is 2.86. The van der Waals surface area contributed by atoms with Crippen LogP contribution in [0.15, 0.2) is 17.2 Å². The molecular weight excluding hydrogens is 317 g/mol. The van der Waals surface area contributed by atoms with E-state index < -0.39 is 0 Å². The summed E-state index contributed by atoms with van der Waals surface area (Å²) in [5.41, 5.74) is 3.15. The molecule has 1 fully saturated rings. The van der Waals surface area contributed by atoms with Gasteiger partial charge in [0.05, 0.1) is 11.2 Å². The molecule has 4 nitrogen and oxygen atoms in total. The molecule has 108 valence electrons. The molecule has 0 atom stereocenters. The van der Waals surface area contributed by atoms with Crippen molar-refractivity contribution in [2.45, 2.75) is 31.7 Å². The first kappa shape index (κ1) is 15.4. The SMILES string of the molecule is Oc1c(Cl)cc(Cl)cc1C=NNC(=S)NC1CCCC1. The number of halogens is 2. The highest BCUT2D eigenvalue weighted by atomic mass is 35.5. The number of rotatable bonds is 3. The maximum absolute atomic E-state index is 9.76. The van der Waals surface area contributed by atoms with E-state index in [-0.39, 0.29) is 10.8 Å². The minimum Gasteiger partial charge on any atom is -0.506 e. The third-order valence-corrected chi connectivity index (χ3v) is 3.83. The van der Waals surface area contributed by atoms with Crippen molar-refractivity contribution in [1.82, 2.24) is 10.7 Å². The lowest BCUT2D eigenvalue weighted by molar-refractivity contribution is 0.474. The smallest absolute Gasteiger partial charge is 0.187 e. The fraction of sp³-hybridized carbons (Fsp3) is 0.385. The second kappa shape index (κ2) is 7.11. The monoisotopic (exact) mass is 331 g/mol. The predicted molar refractivity (Wildman–Crippen MR) is 86.8 cm³/mol. The first-order valence-corrected chi connectivity index (χ1v) is 7.50. The van der Waals surface area contributed by atoms with Crippen LogP contribution in [0.2, 0.25) is 10.0 Å². The molecule has 0 aromatic heterocycles. The van der Waals surface area contributed by atoms with Gasteiger partial charge in [-0.2, -0.15) is 5.10 Å². The van der Waals surface area contributed by atoms with Gasteiger partial charge in [0, 0.05) is 16.6 Å². The summed E-state index contributed by atoms with van der Waals surface area (Å²) >= 11 is 16.8. The van der Waals surface area contributed by atoms with Crippen LogP contribution in [0.25, 0.3) is 0 Å². The van der Waals surface area contributed by atoms with Crippen LogP contribution >= 0.6 is 35.4 Å². The lowest BCUT2D eigenvalue weighted by Crippen LogP contribution is -2.38. The van der Waals surface area contributed by atoms with E-state index in [2.05, 4.69) is 15.8 Å². The molecule has 0 aliphatic heterocycles. The molecule has 0 heterocycles. The molecule has 0 saturated heterocycles. The summed E-state index contributed by atoms with van der Waals surface area (Å²) in [5, 5.41) is 18.0. The normalized spacial score (nSPS) is 15.7. The number of aromatic hydroxyl groups is 1. The minimum absolute atomic E-state index is 0.0590. The lowest BCUT2D eigenvalue weighted by Gasteiger charge is -2.13. The van der Waals surface area contributed by atoms with E-state index in [0.29, 0.717) is 21.7 Å². The third-order valence-electron chi connectivity index (χ3n) is 3.12. The van der Waals surface area contributed by atoms with Crippen LogP contribution < -0.4 is 10.7 Å². The van der Waals surface area contributed by atoms with Crippen LogP contribution in [0, 0.1) is 0 Å². The highest BCUT2D eigenvalue weighted by Gasteiger charge is 2.15. The molecule has 1 aliphatic carbocycles. The van der Waals surface area contributed by atoms with Gasteiger partial charge in [0.25, 0.3) is 0 Å². The van der Waals surface area contributed by atoms with Crippen LogP contribution in [-0.2, 0) is 0 Å². The Bertz CT molecular complexity index is 531. The highest BCUT2D eigenvalue weighted by molar-refractivity contribution is 7.80. The van der Waals surface area contributed by atoms with Crippen LogP contribution in [0.1, 0.15) is 31.2 Å². The van der Waals surface area contributed by atoms with Gasteiger partial charge in [0.1, 0.15) is 5.75 Å². The summed E-state index contributed by atoms with van der Waals surface area (Å²) < 4.78 is 0. The lowest BCUT2D eigenvalue weighted by atomic mass is 10.2. The van der Waals surface area contributed by atoms with Gasteiger partial charge in [-0.05, 0) is 37.2 Å². The topological polar surface area (TPSA) is 56.7 Å². The Kier molecular flexibility index (Phi) is 5.46. The van der Waals surface area contributed by atoms with Crippen molar-refractivity contribution in [2.75, 3.05) is 0 Å². The molecular formula is C13H15Cl2N3OS. The van der Waals surface area contributed by atoms with Gasteiger partial charge in [0.2, 0.25) is 0 Å². The number of thiocarbonyl (C=S) groups is 1. The van der Waals surface area contributed by atoms with Crippen molar-refractivity contribution in [1.29, 1.82) is 0 Å². The standard InChI is InChI=1S/C13H15Cl2N3OS/c14-9-5-8(12(19)11(15)6-9)7-16-18-13(20)17-10-3-1-2-4-10/h5-7,10,19H,1-4H2,(H2,17,18,20). The number of phenolic OH excluding ortho intramolecular Hbond substituents is 1. The molecule has 1 aromatic rings. The Morgan fingerprint density at radius 3 is 2.75 bits per heavy atom. The first-order chi connectivity index (χ1) is 9.56. The molecule has 0 spiro atoms. The van der Waals surface area contributed by atoms with Crippen molar-refractivity contribution in [3.63, 3.8) is 0 Å². The second-order valence-corrected chi connectivity index (χ2v) is 5.90. The van der Waals surface area contributed by atoms with Gasteiger partial charge in [-0.15, -0.1) is 0 Å². The molecule has 1 saturated carbocycles. The van der Waals surface area contributed by atoms with E-state index in [1.54, 1.807) is 6.07 Å². The zero-order valence-corrected chi connectivity index (χ0v) is 13.0. The average Bonchev–Trinajstić information content (AvgIpc) is 2.87. The summed E-state index contributed by atoms with van der Waals surface area (Å²) in [7, 11) is 0. The van der Waals surface area contributed by atoms with E-state index >= 15 is 0 Å². The van der Waals surface area contributed by atoms with Gasteiger partial charge in [-0.3, -0.25) is 5.43 Å². The Morgan fingerprint density at radius 2 is 2.05 bits per heavy atom. The van der Waals surface area contributed by atoms with Gasteiger partial charge in [0.15, 0.2) is 5.11 Å². The van der Waals surface area contributed by atoms with Gasteiger partial charge in [-0.1, -0.05) is 36.0 Å². The first-order valence-electron chi connectivity index (χ1n) is 6.34. The number of hydrogen-bond donors (Lipinski definition) is 3. The van der Waals surface area contributed by atoms with Gasteiger partial charge < -0.3 is 10.4 Å². The molecule has 0 radical (unpaired) electrons. The van der Waals surface area contributed by atoms with Crippen molar-refractivity contribution in [3.05, 3.63) is 27.7 Å². The molecule has 1 aliphatic rings. The largest absolute Gasteiger partial charge is 0.506 e. The zero-order chi connectivity index (χ0) is 14.5. The summed E-state index contributed by atoms with van der Waals surface area (Å²) in [4.78, 5) is 0. The van der Waals surface area contributed by atoms with Crippen LogP contribution in [-0.4, -0.2) is 22.5 Å². The number of nitrogens with zero attached hydrogens (tertiary/aromatic N) is 1. The molecule has 0 amide bonds. The Balaban J connectivity index is 1.91. The Labute approximate surface area is 133 Å². The van der Waals surface area contributed by atoms with E-state index in [0.717, 1.165) is 12.8 Å². The van der Waals surface area contributed by atoms with Crippen LogP contribution in [0.3, 0.4) is 0 Å². The van der Waals surface area contributed by atoms with Crippen molar-refractivity contribution >= 4 is 46.7 Å². The van der Waals surface area contributed by atoms with Crippen molar-refractivity contribution in [3.8, 4) is 5.75 Å². The van der Waals surface area contributed by atoms with E-state index in [9.17, 15) is 5.11 Å². The number of hydrazone groups is 1. The van der Waals surface area contributed by atoms with Gasteiger partial charge in [-0.25, -0.2) is 0 Å². The average molecular weight is 332 g/mol. The molecule has 7 heteroatoms. The maximum atomic E-state index is 9.76. The predicted octanol–water partition coefficient (Wildman–Crippen LogP) is 3.44. The molecule has 0 bridgehead atoms. The van der Waals surface area contributed by atoms with Crippen LogP contribution in [0.5, 0.6) is 5.75 Å². The molecule has 20 heavy (non-hydrogen) atoms. The fourth-order valence-electron chi connectivity index (χ4n) is 2.13. The molecule has 2 rings (SSSR count). The summed E-state index contributed by atoms with van der Waals surface area (Å²) in [6.07, 6.45) is 6.17. The highest BCUT2D eigenvalue weighted by Crippen LogP contribution is 2.29. The molecule has 0 unspecified atom stereocenters. The second-order valence-electron chi connectivity index (χ2n) is 4.65.